The summed E-state index contributed by atoms with van der Waals surface area (Å²) in [6.07, 6.45) is 4.49. The minimum Gasteiger partial charge on any atom is -0.494 e. The number of fused-ring (bicyclic) bond motifs is 1. The van der Waals surface area contributed by atoms with Crippen LogP contribution in [0.25, 0.3) is 11.5 Å². The molecule has 1 fully saturated rings. The Kier molecular flexibility index (Phi) is 3.74. The number of likely N-dealkylation sites (tertiary alicyclic amines) is 1. The molecule has 20 heavy (non-hydrogen) atoms. The zero-order valence-corrected chi connectivity index (χ0v) is 12.6. The Labute approximate surface area is 120 Å². The van der Waals surface area contributed by atoms with E-state index in [1.54, 1.807) is 0 Å². The molecule has 0 unspecified atom stereocenters. The van der Waals surface area contributed by atoms with Crippen LogP contribution in [0.4, 0.5) is 0 Å². The van der Waals surface area contributed by atoms with Crippen LogP contribution in [-0.2, 0) is 4.74 Å². The Hall–Kier alpha value is -1.42. The molecule has 4 heteroatoms. The first-order chi connectivity index (χ1) is 9.66. The van der Waals surface area contributed by atoms with Crippen molar-refractivity contribution in [2.45, 2.75) is 39.5 Å². The summed E-state index contributed by atoms with van der Waals surface area (Å²) in [5, 5.41) is 2.30. The Bertz CT molecular complexity index is 608. The van der Waals surface area contributed by atoms with E-state index in [0.717, 1.165) is 42.8 Å². The molecule has 0 saturated carbocycles. The van der Waals surface area contributed by atoms with Crippen molar-refractivity contribution in [3.8, 4) is 0 Å². The Morgan fingerprint density at radius 2 is 1.95 bits per heavy atom. The summed E-state index contributed by atoms with van der Waals surface area (Å²) in [6.45, 7) is 8.51. The van der Waals surface area contributed by atoms with Gasteiger partial charge in [-0.25, -0.2) is 0 Å². The van der Waals surface area contributed by atoms with Crippen molar-refractivity contribution in [1.82, 2.24) is 9.88 Å². The molecule has 0 amide bonds. The van der Waals surface area contributed by atoms with Gasteiger partial charge in [-0.3, -0.25) is 4.90 Å². The standard InChI is InChI=1S/C16H25N3O/c1-11-12(2)18-16-14(6-5-13(17)15(11)16)20-10-9-19-7-3-4-8-19/h18H,3-10,17H2,1-2H3. The van der Waals surface area contributed by atoms with E-state index in [-0.39, 0.29) is 0 Å². The molecule has 3 N–H and O–H groups in total. The largest absolute Gasteiger partial charge is 0.494 e. The summed E-state index contributed by atoms with van der Waals surface area (Å²) in [6, 6.07) is 0. The van der Waals surface area contributed by atoms with Gasteiger partial charge in [-0.2, -0.15) is 0 Å². The fourth-order valence-electron chi connectivity index (χ4n) is 3.28. The molecular weight excluding hydrogens is 250 g/mol. The summed E-state index contributed by atoms with van der Waals surface area (Å²) in [7, 11) is 0. The molecule has 2 aliphatic rings. The number of aryl methyl sites for hydroxylation is 1. The van der Waals surface area contributed by atoms with E-state index in [1.165, 1.54) is 42.4 Å². The second-order valence-electron chi connectivity index (χ2n) is 5.97. The number of nitrogens with zero attached hydrogens (tertiary/aromatic N) is 1. The zero-order chi connectivity index (χ0) is 14.1. The summed E-state index contributed by atoms with van der Waals surface area (Å²) < 4.78 is 6.06. The van der Waals surface area contributed by atoms with Crippen LogP contribution in [0.2, 0.25) is 0 Å². The molecule has 4 nitrogen and oxygen atoms in total. The highest BCUT2D eigenvalue weighted by Gasteiger charge is 2.16. The van der Waals surface area contributed by atoms with Crippen LogP contribution in [0.1, 0.15) is 36.9 Å². The van der Waals surface area contributed by atoms with Gasteiger partial charge in [0.15, 0.2) is 0 Å². The van der Waals surface area contributed by atoms with E-state index in [9.17, 15) is 0 Å². The van der Waals surface area contributed by atoms with Gasteiger partial charge < -0.3 is 15.5 Å². The molecule has 1 aliphatic carbocycles. The molecule has 2 heterocycles. The molecule has 3 rings (SSSR count). The molecule has 0 aromatic carbocycles. The van der Waals surface area contributed by atoms with Gasteiger partial charge in [0, 0.05) is 29.6 Å². The topological polar surface area (TPSA) is 54.3 Å². The van der Waals surface area contributed by atoms with Crippen LogP contribution in [0, 0.1) is 13.8 Å². The normalized spacial score (nSPS) is 19.5. The number of hydrogen-bond acceptors (Lipinski definition) is 3. The highest BCUT2D eigenvalue weighted by molar-refractivity contribution is 5.54. The minimum atomic E-state index is 0.784. The van der Waals surface area contributed by atoms with Crippen LogP contribution in [0.3, 0.4) is 0 Å². The summed E-state index contributed by atoms with van der Waals surface area (Å²) >= 11 is 0. The first-order valence-corrected chi connectivity index (χ1v) is 7.69. The van der Waals surface area contributed by atoms with Gasteiger partial charge in [0.25, 0.3) is 0 Å². The van der Waals surface area contributed by atoms with Crippen molar-refractivity contribution in [2.24, 2.45) is 5.73 Å². The van der Waals surface area contributed by atoms with Gasteiger partial charge >= 0.3 is 0 Å². The van der Waals surface area contributed by atoms with Crippen molar-refractivity contribution < 1.29 is 4.74 Å². The molecule has 0 atom stereocenters. The molecule has 1 aromatic heterocycles. The van der Waals surface area contributed by atoms with E-state index in [1.807, 2.05) is 0 Å². The second-order valence-corrected chi connectivity index (χ2v) is 5.97. The molecule has 1 aliphatic heterocycles. The maximum atomic E-state index is 6.17. The molecule has 1 aromatic rings. The monoisotopic (exact) mass is 275 g/mol. The third-order valence-electron chi connectivity index (χ3n) is 4.60. The van der Waals surface area contributed by atoms with Gasteiger partial charge in [0.05, 0.1) is 5.35 Å². The van der Waals surface area contributed by atoms with Crippen molar-refractivity contribution in [3.05, 3.63) is 21.8 Å². The number of nitrogens with one attached hydrogen (secondary N) is 1. The SMILES string of the molecule is Cc1[nH]c2c(c1C)=C(N)CCC=2OCCN1CCCC1. The predicted octanol–water partition coefficient (Wildman–Crippen LogP) is 0.713. The molecule has 110 valence electrons. The Balaban J connectivity index is 1.79. The Morgan fingerprint density at radius 1 is 1.20 bits per heavy atom. The van der Waals surface area contributed by atoms with Crippen molar-refractivity contribution in [2.75, 3.05) is 26.2 Å². The average molecular weight is 275 g/mol. The van der Waals surface area contributed by atoms with Gasteiger partial charge in [0.1, 0.15) is 12.4 Å². The van der Waals surface area contributed by atoms with Crippen LogP contribution in [-0.4, -0.2) is 36.1 Å². The van der Waals surface area contributed by atoms with Crippen molar-refractivity contribution in [1.29, 1.82) is 0 Å². The molecular formula is C16H25N3O. The first-order valence-electron chi connectivity index (χ1n) is 7.69. The highest BCUT2D eigenvalue weighted by atomic mass is 16.5. The maximum absolute atomic E-state index is 6.17. The smallest absolute Gasteiger partial charge is 0.120 e. The van der Waals surface area contributed by atoms with Crippen LogP contribution in [0.5, 0.6) is 0 Å². The lowest BCUT2D eigenvalue weighted by molar-refractivity contribution is 0.204. The number of ether oxygens (including phenoxy) is 1. The summed E-state index contributed by atoms with van der Waals surface area (Å²) in [5.41, 5.74) is 9.62. The van der Waals surface area contributed by atoms with E-state index in [4.69, 9.17) is 10.5 Å². The van der Waals surface area contributed by atoms with E-state index >= 15 is 0 Å². The number of nitrogens with two attached hydrogens (primary N) is 1. The minimum absolute atomic E-state index is 0.784. The van der Waals surface area contributed by atoms with Crippen LogP contribution in [0.15, 0.2) is 0 Å². The lowest BCUT2D eigenvalue weighted by Crippen LogP contribution is -2.36. The third kappa shape index (κ3) is 2.44. The van der Waals surface area contributed by atoms with Crippen LogP contribution >= 0.6 is 0 Å². The van der Waals surface area contributed by atoms with Gasteiger partial charge in [0.2, 0.25) is 0 Å². The lowest BCUT2D eigenvalue weighted by atomic mass is 10.1. The first kappa shape index (κ1) is 13.6. The Morgan fingerprint density at radius 3 is 2.70 bits per heavy atom. The second kappa shape index (κ2) is 5.52. The number of aromatic nitrogens is 1. The number of hydrogen-bond donors (Lipinski definition) is 2. The van der Waals surface area contributed by atoms with E-state index in [0.29, 0.717) is 0 Å². The fourth-order valence-corrected chi connectivity index (χ4v) is 3.28. The van der Waals surface area contributed by atoms with Gasteiger partial charge in [-0.1, -0.05) is 0 Å². The predicted molar refractivity (Wildman–Crippen MR) is 81.4 cm³/mol. The average Bonchev–Trinajstić information content (AvgIpc) is 3.03. The van der Waals surface area contributed by atoms with E-state index in [2.05, 4.69) is 23.7 Å². The zero-order valence-electron chi connectivity index (χ0n) is 12.6. The van der Waals surface area contributed by atoms with Crippen molar-refractivity contribution >= 4 is 11.5 Å². The van der Waals surface area contributed by atoms with Crippen molar-refractivity contribution in [3.63, 3.8) is 0 Å². The highest BCUT2D eigenvalue weighted by Crippen LogP contribution is 2.14. The third-order valence-corrected chi connectivity index (χ3v) is 4.60. The summed E-state index contributed by atoms with van der Waals surface area (Å²) in [5.74, 6) is 1.09. The molecule has 0 radical (unpaired) electrons. The molecule has 1 saturated heterocycles. The van der Waals surface area contributed by atoms with Gasteiger partial charge in [-0.15, -0.1) is 0 Å². The number of H-pyrrole nitrogens is 1. The quantitative estimate of drug-likeness (QED) is 0.851. The number of aromatic amines is 1. The van der Waals surface area contributed by atoms with Crippen LogP contribution < -0.4 is 16.3 Å². The number of rotatable bonds is 4. The maximum Gasteiger partial charge on any atom is 0.120 e. The molecule has 0 bridgehead atoms. The fraction of sp³-hybridized carbons (Fsp3) is 0.625. The lowest BCUT2D eigenvalue weighted by Gasteiger charge is -2.18. The van der Waals surface area contributed by atoms with Gasteiger partial charge in [-0.05, 0) is 51.8 Å². The summed E-state index contributed by atoms with van der Waals surface area (Å²) in [4.78, 5) is 5.93. The van der Waals surface area contributed by atoms with E-state index < -0.39 is 0 Å². The molecule has 0 spiro atoms.